The van der Waals surface area contributed by atoms with Gasteiger partial charge in [-0.05, 0) is 44.7 Å². The molecule has 6 nitrogen and oxygen atoms in total. The second kappa shape index (κ2) is 6.77. The van der Waals surface area contributed by atoms with Gasteiger partial charge in [0.05, 0.1) is 12.6 Å². The van der Waals surface area contributed by atoms with E-state index >= 15 is 0 Å². The SMILES string of the molecule is CC(C)[C@@H](C(=O)NCc1nnc(C2CC2)o1)N1CCCCC1. The van der Waals surface area contributed by atoms with Crippen molar-refractivity contribution >= 4 is 5.91 Å². The minimum absolute atomic E-state index is 0.0638. The van der Waals surface area contributed by atoms with E-state index in [0.717, 1.165) is 31.8 Å². The molecule has 0 bridgehead atoms. The fourth-order valence-electron chi connectivity index (χ4n) is 3.19. The maximum atomic E-state index is 12.6. The molecule has 6 heteroatoms. The summed E-state index contributed by atoms with van der Waals surface area (Å²) in [4.78, 5) is 14.9. The number of piperidine rings is 1. The first-order valence-corrected chi connectivity index (χ1v) is 8.49. The standard InChI is InChI=1S/C16H26N4O2/c1-11(2)14(20-8-4-3-5-9-20)15(21)17-10-13-18-19-16(22-13)12-6-7-12/h11-12,14H,3-10H2,1-2H3,(H,17,21)/t14-/m0/s1. The Kier molecular flexibility index (Phi) is 4.76. The Morgan fingerprint density at radius 2 is 2.00 bits per heavy atom. The first kappa shape index (κ1) is 15.5. The van der Waals surface area contributed by atoms with Crippen molar-refractivity contribution in [1.82, 2.24) is 20.4 Å². The van der Waals surface area contributed by atoms with Crippen molar-refractivity contribution in [2.24, 2.45) is 5.92 Å². The third-order valence-corrected chi connectivity index (χ3v) is 4.51. The van der Waals surface area contributed by atoms with Crippen LogP contribution in [0.2, 0.25) is 0 Å². The first-order valence-electron chi connectivity index (χ1n) is 8.49. The van der Waals surface area contributed by atoms with Gasteiger partial charge in [0.15, 0.2) is 0 Å². The van der Waals surface area contributed by atoms with Crippen LogP contribution in [-0.4, -0.2) is 40.1 Å². The summed E-state index contributed by atoms with van der Waals surface area (Å²) in [6.45, 7) is 6.58. The van der Waals surface area contributed by atoms with E-state index in [1.807, 2.05) is 0 Å². The van der Waals surface area contributed by atoms with E-state index in [2.05, 4.69) is 34.3 Å². The molecule has 1 aromatic rings. The van der Waals surface area contributed by atoms with Crippen molar-refractivity contribution in [3.8, 4) is 0 Å². The highest BCUT2D eigenvalue weighted by Crippen LogP contribution is 2.38. The van der Waals surface area contributed by atoms with E-state index in [9.17, 15) is 4.79 Å². The Labute approximate surface area is 131 Å². The van der Waals surface area contributed by atoms with Crippen molar-refractivity contribution in [1.29, 1.82) is 0 Å². The number of nitrogens with zero attached hydrogens (tertiary/aromatic N) is 3. The van der Waals surface area contributed by atoms with Crippen LogP contribution in [0, 0.1) is 5.92 Å². The van der Waals surface area contributed by atoms with Crippen LogP contribution >= 0.6 is 0 Å². The zero-order valence-electron chi connectivity index (χ0n) is 13.5. The van der Waals surface area contributed by atoms with E-state index in [1.54, 1.807) is 0 Å². The maximum absolute atomic E-state index is 12.6. The molecule has 3 rings (SSSR count). The summed E-state index contributed by atoms with van der Waals surface area (Å²) in [5.74, 6) is 2.05. The van der Waals surface area contributed by atoms with Crippen LogP contribution < -0.4 is 5.32 Å². The van der Waals surface area contributed by atoms with Gasteiger partial charge in [-0.2, -0.15) is 0 Å². The topological polar surface area (TPSA) is 71.3 Å². The third kappa shape index (κ3) is 3.66. The second-order valence-corrected chi connectivity index (χ2v) is 6.81. The van der Waals surface area contributed by atoms with Crippen molar-refractivity contribution in [2.45, 2.75) is 64.5 Å². The summed E-state index contributed by atoms with van der Waals surface area (Å²) in [6, 6.07) is -0.0638. The molecule has 1 N–H and O–H groups in total. The molecule has 1 aliphatic carbocycles. The molecule has 1 saturated heterocycles. The Bertz CT molecular complexity index is 504. The molecular formula is C16H26N4O2. The van der Waals surface area contributed by atoms with Crippen molar-refractivity contribution in [3.63, 3.8) is 0 Å². The van der Waals surface area contributed by atoms with Crippen molar-refractivity contribution < 1.29 is 9.21 Å². The number of likely N-dealkylation sites (tertiary alicyclic amines) is 1. The Morgan fingerprint density at radius 1 is 1.27 bits per heavy atom. The van der Waals surface area contributed by atoms with Gasteiger partial charge < -0.3 is 9.73 Å². The number of amides is 1. The van der Waals surface area contributed by atoms with Gasteiger partial charge in [-0.1, -0.05) is 20.3 Å². The summed E-state index contributed by atoms with van der Waals surface area (Å²) in [6.07, 6.45) is 5.92. The first-order chi connectivity index (χ1) is 10.6. The van der Waals surface area contributed by atoms with Gasteiger partial charge in [-0.15, -0.1) is 10.2 Å². The quantitative estimate of drug-likeness (QED) is 0.871. The molecule has 22 heavy (non-hydrogen) atoms. The van der Waals surface area contributed by atoms with Crippen LogP contribution in [0.5, 0.6) is 0 Å². The van der Waals surface area contributed by atoms with Crippen LogP contribution in [-0.2, 0) is 11.3 Å². The molecule has 2 aliphatic rings. The number of carbonyl (C=O) groups is 1. The second-order valence-electron chi connectivity index (χ2n) is 6.81. The predicted octanol–water partition coefficient (Wildman–Crippen LogP) is 2.07. The molecular weight excluding hydrogens is 280 g/mol. The smallest absolute Gasteiger partial charge is 0.238 e. The average Bonchev–Trinajstić information content (AvgIpc) is 3.25. The van der Waals surface area contributed by atoms with Crippen LogP contribution in [0.3, 0.4) is 0 Å². The monoisotopic (exact) mass is 306 g/mol. The zero-order valence-corrected chi connectivity index (χ0v) is 13.5. The lowest BCUT2D eigenvalue weighted by molar-refractivity contribution is -0.128. The number of hydrogen-bond acceptors (Lipinski definition) is 5. The van der Waals surface area contributed by atoms with E-state index in [0.29, 0.717) is 24.3 Å². The average molecular weight is 306 g/mol. The molecule has 1 aliphatic heterocycles. The van der Waals surface area contributed by atoms with E-state index in [-0.39, 0.29) is 11.9 Å². The van der Waals surface area contributed by atoms with Crippen LogP contribution in [0.25, 0.3) is 0 Å². The molecule has 122 valence electrons. The number of hydrogen-bond donors (Lipinski definition) is 1. The molecule has 1 aromatic heterocycles. The van der Waals surface area contributed by atoms with Gasteiger partial charge in [0.1, 0.15) is 0 Å². The number of carbonyl (C=O) groups excluding carboxylic acids is 1. The van der Waals surface area contributed by atoms with Gasteiger partial charge in [-0.3, -0.25) is 9.69 Å². The lowest BCUT2D eigenvalue weighted by Crippen LogP contribution is -2.51. The Morgan fingerprint density at radius 3 is 2.64 bits per heavy atom. The summed E-state index contributed by atoms with van der Waals surface area (Å²) in [7, 11) is 0. The van der Waals surface area contributed by atoms with E-state index in [4.69, 9.17) is 4.42 Å². The molecule has 1 saturated carbocycles. The lowest BCUT2D eigenvalue weighted by Gasteiger charge is -2.35. The highest BCUT2D eigenvalue weighted by atomic mass is 16.4. The Hall–Kier alpha value is -1.43. The Balaban J connectivity index is 1.55. The molecule has 0 aromatic carbocycles. The highest BCUT2D eigenvalue weighted by molar-refractivity contribution is 5.81. The zero-order chi connectivity index (χ0) is 15.5. The molecule has 2 fully saturated rings. The van der Waals surface area contributed by atoms with Crippen molar-refractivity contribution in [2.75, 3.05) is 13.1 Å². The summed E-state index contributed by atoms with van der Waals surface area (Å²) in [5.41, 5.74) is 0. The van der Waals surface area contributed by atoms with Gasteiger partial charge in [-0.25, -0.2) is 0 Å². The third-order valence-electron chi connectivity index (χ3n) is 4.51. The molecule has 2 heterocycles. The molecule has 0 spiro atoms. The predicted molar refractivity (Wildman–Crippen MR) is 82.2 cm³/mol. The fraction of sp³-hybridized carbons (Fsp3) is 0.812. The van der Waals surface area contributed by atoms with Crippen LogP contribution in [0.4, 0.5) is 0 Å². The van der Waals surface area contributed by atoms with Crippen LogP contribution in [0.15, 0.2) is 4.42 Å². The van der Waals surface area contributed by atoms with Crippen molar-refractivity contribution in [3.05, 3.63) is 11.8 Å². The van der Waals surface area contributed by atoms with Gasteiger partial charge in [0.2, 0.25) is 17.7 Å². The molecule has 0 radical (unpaired) electrons. The van der Waals surface area contributed by atoms with Gasteiger partial charge >= 0.3 is 0 Å². The number of aromatic nitrogens is 2. The lowest BCUT2D eigenvalue weighted by atomic mass is 9.98. The highest BCUT2D eigenvalue weighted by Gasteiger charge is 2.31. The van der Waals surface area contributed by atoms with Gasteiger partial charge in [0, 0.05) is 5.92 Å². The summed E-state index contributed by atoms with van der Waals surface area (Å²) >= 11 is 0. The molecule has 0 unspecified atom stereocenters. The normalized spacial score (nSPS) is 21.0. The minimum Gasteiger partial charge on any atom is -0.423 e. The number of nitrogens with one attached hydrogen (secondary N) is 1. The minimum atomic E-state index is -0.0638. The van der Waals surface area contributed by atoms with E-state index in [1.165, 1.54) is 19.3 Å². The largest absolute Gasteiger partial charge is 0.423 e. The maximum Gasteiger partial charge on any atom is 0.238 e. The number of rotatable bonds is 6. The van der Waals surface area contributed by atoms with Crippen LogP contribution in [0.1, 0.15) is 63.7 Å². The molecule has 1 amide bonds. The van der Waals surface area contributed by atoms with E-state index < -0.39 is 0 Å². The van der Waals surface area contributed by atoms with Gasteiger partial charge in [0.25, 0.3) is 0 Å². The fourth-order valence-corrected chi connectivity index (χ4v) is 3.19. The summed E-state index contributed by atoms with van der Waals surface area (Å²) < 4.78 is 5.59. The molecule has 1 atom stereocenters. The summed E-state index contributed by atoms with van der Waals surface area (Å²) in [5, 5.41) is 11.0.